The van der Waals surface area contributed by atoms with Crippen molar-refractivity contribution in [1.82, 2.24) is 5.32 Å². The van der Waals surface area contributed by atoms with E-state index in [1.165, 1.54) is 0 Å². The van der Waals surface area contributed by atoms with Crippen LogP contribution >= 0.6 is 11.6 Å². The summed E-state index contributed by atoms with van der Waals surface area (Å²) in [6.07, 6.45) is 1.70. The van der Waals surface area contributed by atoms with Gasteiger partial charge in [0.1, 0.15) is 0 Å². The fraction of sp³-hybridized carbons (Fsp3) is 0.250. The fourth-order valence-electron chi connectivity index (χ4n) is 1.22. The van der Waals surface area contributed by atoms with E-state index >= 15 is 0 Å². The van der Waals surface area contributed by atoms with E-state index in [2.05, 4.69) is 17.2 Å². The molecular formula is C12H15ClN2O. The van der Waals surface area contributed by atoms with Crippen LogP contribution in [0.4, 0.5) is 5.69 Å². The van der Waals surface area contributed by atoms with Gasteiger partial charge in [-0.1, -0.05) is 23.7 Å². The molecule has 0 radical (unpaired) electrons. The Balaban J connectivity index is 2.55. The Morgan fingerprint density at radius 2 is 2.31 bits per heavy atom. The van der Waals surface area contributed by atoms with Crippen LogP contribution in [0.5, 0.6) is 0 Å². The molecule has 86 valence electrons. The van der Waals surface area contributed by atoms with Crippen LogP contribution < -0.4 is 10.6 Å². The molecule has 0 spiro atoms. The molecule has 16 heavy (non-hydrogen) atoms. The molecule has 1 rings (SSSR count). The molecule has 1 amide bonds. The van der Waals surface area contributed by atoms with Crippen LogP contribution in [0.15, 0.2) is 30.9 Å². The zero-order valence-electron chi connectivity index (χ0n) is 9.22. The number of carbonyl (C=O) groups is 1. The van der Waals surface area contributed by atoms with Gasteiger partial charge in [0.25, 0.3) is 0 Å². The Kier molecular flexibility index (Phi) is 5.02. The third-order valence-corrected chi connectivity index (χ3v) is 2.30. The number of anilines is 1. The van der Waals surface area contributed by atoms with Gasteiger partial charge in [0.15, 0.2) is 0 Å². The second-order valence-electron chi connectivity index (χ2n) is 3.45. The molecular weight excluding hydrogens is 224 g/mol. The lowest BCUT2D eigenvalue weighted by atomic mass is 10.2. The van der Waals surface area contributed by atoms with Gasteiger partial charge in [-0.2, -0.15) is 0 Å². The van der Waals surface area contributed by atoms with Gasteiger partial charge in [0.2, 0.25) is 5.91 Å². The Morgan fingerprint density at radius 3 is 3.00 bits per heavy atom. The third-order valence-electron chi connectivity index (χ3n) is 1.97. The van der Waals surface area contributed by atoms with Gasteiger partial charge < -0.3 is 10.6 Å². The fourth-order valence-corrected chi connectivity index (χ4v) is 1.38. The molecule has 0 saturated heterocycles. The number of nitrogens with one attached hydrogen (secondary N) is 2. The number of hydrogen-bond acceptors (Lipinski definition) is 2. The molecule has 0 aliphatic heterocycles. The van der Waals surface area contributed by atoms with Crippen molar-refractivity contribution < 1.29 is 4.79 Å². The van der Waals surface area contributed by atoms with E-state index in [-0.39, 0.29) is 12.5 Å². The highest BCUT2D eigenvalue weighted by Crippen LogP contribution is 2.22. The van der Waals surface area contributed by atoms with Gasteiger partial charge in [-0.3, -0.25) is 4.79 Å². The summed E-state index contributed by atoms with van der Waals surface area (Å²) in [6.45, 7) is 6.35. The van der Waals surface area contributed by atoms with E-state index in [9.17, 15) is 4.79 Å². The largest absolute Gasteiger partial charge is 0.324 e. The third kappa shape index (κ3) is 4.04. The van der Waals surface area contributed by atoms with E-state index in [0.717, 1.165) is 5.56 Å². The van der Waals surface area contributed by atoms with Crippen LogP contribution in [-0.4, -0.2) is 19.0 Å². The molecule has 0 unspecified atom stereocenters. The minimum atomic E-state index is -0.116. The molecule has 1 aromatic rings. The first-order chi connectivity index (χ1) is 7.63. The van der Waals surface area contributed by atoms with E-state index < -0.39 is 0 Å². The molecule has 4 heteroatoms. The molecule has 0 bridgehead atoms. The van der Waals surface area contributed by atoms with Crippen LogP contribution in [0.25, 0.3) is 0 Å². The molecule has 0 atom stereocenters. The highest BCUT2D eigenvalue weighted by Gasteiger charge is 2.04. The van der Waals surface area contributed by atoms with E-state index in [4.69, 9.17) is 11.6 Å². The smallest absolute Gasteiger partial charge is 0.238 e. The number of benzene rings is 1. The predicted octanol–water partition coefficient (Wildman–Crippen LogP) is 2.36. The Bertz CT molecular complexity index is 391. The van der Waals surface area contributed by atoms with Crippen molar-refractivity contribution in [3.63, 3.8) is 0 Å². The number of amides is 1. The summed E-state index contributed by atoms with van der Waals surface area (Å²) in [5.74, 6) is -0.116. The van der Waals surface area contributed by atoms with Gasteiger partial charge in [0.05, 0.1) is 17.3 Å². The molecule has 3 nitrogen and oxygen atoms in total. The quantitative estimate of drug-likeness (QED) is 0.611. The van der Waals surface area contributed by atoms with Crippen molar-refractivity contribution in [1.29, 1.82) is 0 Å². The topological polar surface area (TPSA) is 41.1 Å². The summed E-state index contributed by atoms with van der Waals surface area (Å²) >= 11 is 5.95. The molecule has 0 aromatic heterocycles. The summed E-state index contributed by atoms with van der Waals surface area (Å²) in [5.41, 5.74) is 1.70. The lowest BCUT2D eigenvalue weighted by molar-refractivity contribution is -0.115. The average Bonchev–Trinajstić information content (AvgIpc) is 2.24. The van der Waals surface area contributed by atoms with Gasteiger partial charge in [-0.25, -0.2) is 0 Å². The van der Waals surface area contributed by atoms with Crippen LogP contribution in [0.3, 0.4) is 0 Å². The monoisotopic (exact) mass is 238 g/mol. The second kappa shape index (κ2) is 6.30. The van der Waals surface area contributed by atoms with Crippen LogP contribution in [0, 0.1) is 6.92 Å². The maximum Gasteiger partial charge on any atom is 0.238 e. The number of rotatable bonds is 5. The Morgan fingerprint density at radius 1 is 1.56 bits per heavy atom. The first kappa shape index (κ1) is 12.7. The Labute approximate surface area is 100 Å². The molecule has 2 N–H and O–H groups in total. The SMILES string of the molecule is C=CCNCC(=O)Nc1cc(C)ccc1Cl. The number of carbonyl (C=O) groups excluding carboxylic acids is 1. The molecule has 0 saturated carbocycles. The normalized spacial score (nSPS) is 9.88. The summed E-state index contributed by atoms with van der Waals surface area (Å²) in [7, 11) is 0. The lowest BCUT2D eigenvalue weighted by Crippen LogP contribution is -2.28. The van der Waals surface area contributed by atoms with Crippen molar-refractivity contribution in [3.8, 4) is 0 Å². The van der Waals surface area contributed by atoms with Crippen LogP contribution in [0.2, 0.25) is 5.02 Å². The highest BCUT2D eigenvalue weighted by molar-refractivity contribution is 6.33. The van der Waals surface area contributed by atoms with E-state index in [1.807, 2.05) is 19.1 Å². The highest BCUT2D eigenvalue weighted by atomic mass is 35.5. The number of halogens is 1. The standard InChI is InChI=1S/C12H15ClN2O/c1-3-6-14-8-12(16)15-11-7-9(2)4-5-10(11)13/h3-5,7,14H,1,6,8H2,2H3,(H,15,16). The van der Waals surface area contributed by atoms with Crippen molar-refractivity contribution in [3.05, 3.63) is 41.4 Å². The first-order valence-electron chi connectivity index (χ1n) is 5.01. The molecule has 0 heterocycles. The number of hydrogen-bond donors (Lipinski definition) is 2. The zero-order chi connectivity index (χ0) is 12.0. The van der Waals surface area contributed by atoms with Gasteiger partial charge in [0, 0.05) is 6.54 Å². The molecule has 0 aliphatic rings. The molecule has 0 fully saturated rings. The minimum absolute atomic E-state index is 0.116. The summed E-state index contributed by atoms with van der Waals surface area (Å²) in [5, 5.41) is 6.20. The summed E-state index contributed by atoms with van der Waals surface area (Å²) in [4.78, 5) is 11.5. The van der Waals surface area contributed by atoms with Crippen molar-refractivity contribution >= 4 is 23.2 Å². The Hall–Kier alpha value is -1.32. The van der Waals surface area contributed by atoms with E-state index in [0.29, 0.717) is 17.3 Å². The van der Waals surface area contributed by atoms with Crippen molar-refractivity contribution in [2.45, 2.75) is 6.92 Å². The van der Waals surface area contributed by atoms with Gasteiger partial charge >= 0.3 is 0 Å². The van der Waals surface area contributed by atoms with Crippen molar-refractivity contribution in [2.24, 2.45) is 0 Å². The first-order valence-corrected chi connectivity index (χ1v) is 5.39. The van der Waals surface area contributed by atoms with Gasteiger partial charge in [-0.15, -0.1) is 6.58 Å². The minimum Gasteiger partial charge on any atom is -0.324 e. The maximum absolute atomic E-state index is 11.5. The van der Waals surface area contributed by atoms with Crippen LogP contribution in [-0.2, 0) is 4.79 Å². The maximum atomic E-state index is 11.5. The molecule has 1 aromatic carbocycles. The van der Waals surface area contributed by atoms with Crippen molar-refractivity contribution in [2.75, 3.05) is 18.4 Å². The summed E-state index contributed by atoms with van der Waals surface area (Å²) in [6, 6.07) is 5.51. The average molecular weight is 239 g/mol. The predicted molar refractivity (Wildman–Crippen MR) is 67.9 cm³/mol. The van der Waals surface area contributed by atoms with Gasteiger partial charge in [-0.05, 0) is 24.6 Å². The molecule has 0 aliphatic carbocycles. The lowest BCUT2D eigenvalue weighted by Gasteiger charge is -2.08. The second-order valence-corrected chi connectivity index (χ2v) is 3.86. The van der Waals surface area contributed by atoms with Crippen LogP contribution in [0.1, 0.15) is 5.56 Å². The van der Waals surface area contributed by atoms with E-state index in [1.54, 1.807) is 12.1 Å². The number of aryl methyl sites for hydroxylation is 1. The zero-order valence-corrected chi connectivity index (χ0v) is 9.97. The summed E-state index contributed by atoms with van der Waals surface area (Å²) < 4.78 is 0.